The van der Waals surface area contributed by atoms with Gasteiger partial charge in [-0.3, -0.25) is 0 Å². The number of ether oxygens (including phenoxy) is 1. The minimum atomic E-state index is -2.86. The third kappa shape index (κ3) is 3.14. The molecule has 0 bridgehead atoms. The number of nitrogens with two attached hydrogens (primary N) is 1. The second-order valence-corrected chi connectivity index (χ2v) is 4.83. The Kier molecular flexibility index (Phi) is 4.34. The number of imidazole rings is 1. The quantitative estimate of drug-likeness (QED) is 0.883. The lowest BCUT2D eigenvalue weighted by atomic mass is 10.1. The minimum Gasteiger partial charge on any atom is -0.434 e. The Labute approximate surface area is 116 Å². The van der Waals surface area contributed by atoms with Gasteiger partial charge in [0, 0.05) is 5.56 Å². The van der Waals surface area contributed by atoms with Crippen molar-refractivity contribution in [2.75, 3.05) is 0 Å². The third-order valence-corrected chi connectivity index (χ3v) is 3.02. The van der Waals surface area contributed by atoms with Gasteiger partial charge in [-0.15, -0.1) is 0 Å². The van der Waals surface area contributed by atoms with Crippen molar-refractivity contribution >= 4 is 0 Å². The Bertz CT molecular complexity index is 569. The molecule has 0 radical (unpaired) electrons. The van der Waals surface area contributed by atoms with Crippen LogP contribution >= 0.6 is 0 Å². The molecule has 20 heavy (non-hydrogen) atoms. The normalized spacial score (nSPS) is 12.9. The predicted octanol–water partition coefficient (Wildman–Crippen LogP) is 3.33. The number of rotatable bonds is 5. The van der Waals surface area contributed by atoms with Crippen molar-refractivity contribution in [1.29, 1.82) is 0 Å². The van der Waals surface area contributed by atoms with Gasteiger partial charge in [-0.2, -0.15) is 8.78 Å². The topological polar surface area (TPSA) is 63.9 Å². The van der Waals surface area contributed by atoms with Gasteiger partial charge in [0.1, 0.15) is 11.6 Å². The maximum Gasteiger partial charge on any atom is 0.387 e. The molecule has 1 unspecified atom stereocenters. The lowest BCUT2D eigenvalue weighted by Gasteiger charge is -2.12. The Morgan fingerprint density at radius 3 is 2.60 bits per heavy atom. The van der Waals surface area contributed by atoms with Gasteiger partial charge in [0.15, 0.2) is 0 Å². The summed E-state index contributed by atoms with van der Waals surface area (Å²) in [6, 6.07) is 6.33. The number of alkyl halides is 2. The van der Waals surface area contributed by atoms with Crippen molar-refractivity contribution in [3.8, 4) is 17.0 Å². The molecule has 3 N–H and O–H groups in total. The molecule has 0 aliphatic heterocycles. The summed E-state index contributed by atoms with van der Waals surface area (Å²) in [6.45, 7) is 1.11. The molecule has 0 aliphatic rings. The molecule has 0 saturated heterocycles. The number of nitrogens with one attached hydrogen (secondary N) is 1. The first-order valence-corrected chi connectivity index (χ1v) is 6.33. The van der Waals surface area contributed by atoms with E-state index in [4.69, 9.17) is 5.73 Å². The van der Waals surface area contributed by atoms with Crippen molar-refractivity contribution < 1.29 is 13.5 Å². The Morgan fingerprint density at radius 1 is 1.25 bits per heavy atom. The highest BCUT2D eigenvalue weighted by Crippen LogP contribution is 2.30. The van der Waals surface area contributed by atoms with Crippen LogP contribution in [0, 0.1) is 5.92 Å². The summed E-state index contributed by atoms with van der Waals surface area (Å²) in [5, 5.41) is 0. The first kappa shape index (κ1) is 14.5. The van der Waals surface area contributed by atoms with Gasteiger partial charge < -0.3 is 15.5 Å². The second-order valence-electron chi connectivity index (χ2n) is 4.83. The molecule has 1 atom stereocenters. The van der Waals surface area contributed by atoms with E-state index in [1.807, 2.05) is 13.8 Å². The van der Waals surface area contributed by atoms with Crippen LogP contribution in [0.5, 0.6) is 5.75 Å². The number of benzene rings is 1. The molecule has 1 aromatic carbocycles. The summed E-state index contributed by atoms with van der Waals surface area (Å²) in [5.41, 5.74) is 7.14. The highest BCUT2D eigenvalue weighted by molar-refractivity contribution is 5.66. The molecule has 2 rings (SSSR count). The van der Waals surface area contributed by atoms with Gasteiger partial charge in [-0.05, 0) is 18.1 Å². The van der Waals surface area contributed by atoms with Crippen LogP contribution in [0.15, 0.2) is 30.5 Å². The van der Waals surface area contributed by atoms with Crippen LogP contribution in [-0.2, 0) is 0 Å². The van der Waals surface area contributed by atoms with E-state index in [9.17, 15) is 8.78 Å². The van der Waals surface area contributed by atoms with Crippen LogP contribution in [0.25, 0.3) is 11.3 Å². The fourth-order valence-corrected chi connectivity index (χ4v) is 1.85. The standard InChI is InChI=1S/C14H17F2N3O/c1-8(2)12(17)13-18-7-10(19-13)9-5-3-4-6-11(9)20-14(15)16/h3-8,12,14H,17H2,1-2H3,(H,18,19). The van der Waals surface area contributed by atoms with Gasteiger partial charge in [-0.25, -0.2) is 4.98 Å². The smallest absolute Gasteiger partial charge is 0.387 e. The van der Waals surface area contributed by atoms with E-state index in [1.165, 1.54) is 6.07 Å². The maximum absolute atomic E-state index is 12.4. The zero-order valence-electron chi connectivity index (χ0n) is 11.3. The van der Waals surface area contributed by atoms with Gasteiger partial charge in [0.25, 0.3) is 0 Å². The fourth-order valence-electron chi connectivity index (χ4n) is 1.85. The van der Waals surface area contributed by atoms with E-state index in [2.05, 4.69) is 14.7 Å². The van der Waals surface area contributed by atoms with E-state index in [-0.39, 0.29) is 17.7 Å². The zero-order chi connectivity index (χ0) is 14.7. The molecule has 4 nitrogen and oxygen atoms in total. The molecule has 108 valence electrons. The predicted molar refractivity (Wildman–Crippen MR) is 72.4 cm³/mol. The third-order valence-electron chi connectivity index (χ3n) is 3.02. The monoisotopic (exact) mass is 281 g/mol. The van der Waals surface area contributed by atoms with Crippen LogP contribution in [0.2, 0.25) is 0 Å². The number of hydrogen-bond acceptors (Lipinski definition) is 3. The number of hydrogen-bond donors (Lipinski definition) is 2. The van der Waals surface area contributed by atoms with Crippen molar-refractivity contribution in [2.24, 2.45) is 11.7 Å². The molecule has 1 aromatic heterocycles. The highest BCUT2D eigenvalue weighted by Gasteiger charge is 2.17. The number of H-pyrrole nitrogens is 1. The average Bonchev–Trinajstić information content (AvgIpc) is 2.87. The number of aromatic amines is 1. The average molecular weight is 281 g/mol. The van der Waals surface area contributed by atoms with Crippen LogP contribution in [0.4, 0.5) is 8.78 Å². The number of nitrogens with zero attached hydrogens (tertiary/aromatic N) is 1. The van der Waals surface area contributed by atoms with Gasteiger partial charge >= 0.3 is 6.61 Å². The molecule has 0 spiro atoms. The van der Waals surface area contributed by atoms with E-state index in [0.29, 0.717) is 17.1 Å². The number of aromatic nitrogens is 2. The maximum atomic E-state index is 12.4. The zero-order valence-corrected chi connectivity index (χ0v) is 11.3. The van der Waals surface area contributed by atoms with Crippen LogP contribution in [0.3, 0.4) is 0 Å². The minimum absolute atomic E-state index is 0.107. The van der Waals surface area contributed by atoms with Crippen molar-refractivity contribution in [3.05, 3.63) is 36.3 Å². The Morgan fingerprint density at radius 2 is 1.95 bits per heavy atom. The van der Waals surface area contributed by atoms with E-state index >= 15 is 0 Å². The van der Waals surface area contributed by atoms with Crippen molar-refractivity contribution in [1.82, 2.24) is 9.97 Å². The molecule has 6 heteroatoms. The van der Waals surface area contributed by atoms with Gasteiger partial charge in [0.2, 0.25) is 0 Å². The summed E-state index contributed by atoms with van der Waals surface area (Å²) < 4.78 is 29.3. The lowest BCUT2D eigenvalue weighted by Crippen LogP contribution is -2.18. The second kappa shape index (κ2) is 6.00. The van der Waals surface area contributed by atoms with Gasteiger partial charge in [-0.1, -0.05) is 26.0 Å². The number of halogens is 2. The molecule has 2 aromatic rings. The van der Waals surface area contributed by atoms with Crippen LogP contribution < -0.4 is 10.5 Å². The fraction of sp³-hybridized carbons (Fsp3) is 0.357. The Balaban J connectivity index is 2.33. The van der Waals surface area contributed by atoms with Gasteiger partial charge in [0.05, 0.1) is 17.9 Å². The summed E-state index contributed by atoms with van der Waals surface area (Å²) in [5.74, 6) is 0.958. The largest absolute Gasteiger partial charge is 0.434 e. The molecule has 0 fully saturated rings. The molecule has 0 aliphatic carbocycles. The Hall–Kier alpha value is -1.95. The summed E-state index contributed by atoms with van der Waals surface area (Å²) in [7, 11) is 0. The summed E-state index contributed by atoms with van der Waals surface area (Å²) in [4.78, 5) is 7.27. The first-order chi connectivity index (χ1) is 9.49. The van der Waals surface area contributed by atoms with Crippen molar-refractivity contribution in [2.45, 2.75) is 26.5 Å². The highest BCUT2D eigenvalue weighted by atomic mass is 19.3. The van der Waals surface area contributed by atoms with Crippen LogP contribution in [0.1, 0.15) is 25.7 Å². The summed E-state index contributed by atoms with van der Waals surface area (Å²) >= 11 is 0. The van der Waals surface area contributed by atoms with E-state index in [1.54, 1.807) is 24.4 Å². The molecule has 1 heterocycles. The van der Waals surface area contributed by atoms with E-state index < -0.39 is 6.61 Å². The lowest BCUT2D eigenvalue weighted by molar-refractivity contribution is -0.0494. The molecular formula is C14H17F2N3O. The van der Waals surface area contributed by atoms with Crippen LogP contribution in [-0.4, -0.2) is 16.6 Å². The SMILES string of the molecule is CC(C)C(N)c1ncc(-c2ccccc2OC(F)F)[nH]1. The molecular weight excluding hydrogens is 264 g/mol. The summed E-state index contributed by atoms with van der Waals surface area (Å²) in [6.07, 6.45) is 1.57. The number of para-hydroxylation sites is 1. The molecule has 0 amide bonds. The van der Waals surface area contributed by atoms with Crippen molar-refractivity contribution in [3.63, 3.8) is 0 Å². The first-order valence-electron chi connectivity index (χ1n) is 6.33. The van der Waals surface area contributed by atoms with E-state index in [0.717, 1.165) is 0 Å². The molecule has 0 saturated carbocycles.